The molecule has 0 bridgehead atoms. The van der Waals surface area contributed by atoms with Crippen LogP contribution >= 0.6 is 12.2 Å². The summed E-state index contributed by atoms with van der Waals surface area (Å²) >= 11 is 5.61. The molecule has 3 heterocycles. The summed E-state index contributed by atoms with van der Waals surface area (Å²) < 4.78 is 2.39. The van der Waals surface area contributed by atoms with Crippen LogP contribution in [0.15, 0.2) is 42.6 Å². The van der Waals surface area contributed by atoms with Crippen molar-refractivity contribution in [2.45, 2.75) is 46.7 Å². The maximum absolute atomic E-state index is 5.61. The molecule has 2 aromatic heterocycles. The van der Waals surface area contributed by atoms with E-state index in [0.29, 0.717) is 0 Å². The first-order valence-corrected chi connectivity index (χ1v) is 10.4. The normalized spacial score (nSPS) is 19.0. The molecule has 5 heteroatoms. The van der Waals surface area contributed by atoms with Crippen LogP contribution < -0.4 is 5.32 Å². The van der Waals surface area contributed by atoms with Crippen molar-refractivity contribution in [1.29, 1.82) is 0 Å². The Bertz CT molecular complexity index is 1060. The Labute approximate surface area is 178 Å². The van der Waals surface area contributed by atoms with E-state index >= 15 is 0 Å². The van der Waals surface area contributed by atoms with Crippen LogP contribution in [0, 0.1) is 34.6 Å². The minimum Gasteiger partial charge on any atom is -0.352 e. The van der Waals surface area contributed by atoms with Gasteiger partial charge in [-0.25, -0.2) is 0 Å². The number of nitrogens with zero attached hydrogens (tertiary/aromatic N) is 3. The Hall–Kier alpha value is -2.66. The van der Waals surface area contributed by atoms with Crippen molar-refractivity contribution in [3.63, 3.8) is 0 Å². The first kappa shape index (κ1) is 19.6. The summed E-state index contributed by atoms with van der Waals surface area (Å²) in [5.41, 5.74) is 9.95. The van der Waals surface area contributed by atoms with E-state index in [9.17, 15) is 0 Å². The molecule has 0 saturated carbocycles. The SMILES string of the molecule is Cc1cc(C)c(-n2c(C)cc([C@H]3[C@@H](c4ccccn4)NC(=S)N3C)c2C)c(C)c1. The van der Waals surface area contributed by atoms with Crippen LogP contribution in [0.1, 0.15) is 51.4 Å². The van der Waals surface area contributed by atoms with Gasteiger partial charge >= 0.3 is 0 Å². The molecule has 29 heavy (non-hydrogen) atoms. The fourth-order valence-electron chi connectivity index (χ4n) is 4.80. The molecule has 0 unspecified atom stereocenters. The fraction of sp³-hybridized carbons (Fsp3) is 0.333. The number of hydrogen-bond acceptors (Lipinski definition) is 2. The van der Waals surface area contributed by atoms with Gasteiger partial charge in [0.25, 0.3) is 0 Å². The average molecular weight is 405 g/mol. The number of aromatic nitrogens is 2. The topological polar surface area (TPSA) is 33.1 Å². The Morgan fingerprint density at radius 3 is 2.31 bits per heavy atom. The quantitative estimate of drug-likeness (QED) is 0.622. The highest BCUT2D eigenvalue weighted by Crippen LogP contribution is 2.41. The molecule has 150 valence electrons. The van der Waals surface area contributed by atoms with Gasteiger partial charge in [-0.1, -0.05) is 23.8 Å². The van der Waals surface area contributed by atoms with Gasteiger partial charge in [-0.15, -0.1) is 0 Å². The summed E-state index contributed by atoms with van der Waals surface area (Å²) in [6, 6.07) is 13.0. The van der Waals surface area contributed by atoms with E-state index in [0.717, 1.165) is 10.8 Å². The van der Waals surface area contributed by atoms with Crippen LogP contribution in [0.5, 0.6) is 0 Å². The molecule has 2 atom stereocenters. The third-order valence-electron chi connectivity index (χ3n) is 5.99. The first-order valence-electron chi connectivity index (χ1n) is 10.0. The fourth-order valence-corrected chi connectivity index (χ4v) is 5.04. The Kier molecular flexibility index (Phi) is 4.95. The van der Waals surface area contributed by atoms with E-state index in [-0.39, 0.29) is 12.1 Å². The highest BCUT2D eigenvalue weighted by molar-refractivity contribution is 7.80. The summed E-state index contributed by atoms with van der Waals surface area (Å²) in [7, 11) is 2.07. The van der Waals surface area contributed by atoms with Crippen molar-refractivity contribution in [2.24, 2.45) is 0 Å². The van der Waals surface area contributed by atoms with Gasteiger partial charge in [0.1, 0.15) is 0 Å². The van der Waals surface area contributed by atoms with Crippen molar-refractivity contribution < 1.29 is 0 Å². The van der Waals surface area contributed by atoms with Gasteiger partial charge in [-0.05, 0) is 81.7 Å². The lowest BCUT2D eigenvalue weighted by molar-refractivity contribution is 0.367. The zero-order valence-corrected chi connectivity index (χ0v) is 18.8. The summed E-state index contributed by atoms with van der Waals surface area (Å²) in [6.07, 6.45) is 1.84. The molecule has 0 aliphatic carbocycles. The number of pyridine rings is 1. The molecular weight excluding hydrogens is 376 g/mol. The Morgan fingerprint density at radius 2 is 1.69 bits per heavy atom. The van der Waals surface area contributed by atoms with Crippen LogP contribution in [0.2, 0.25) is 0 Å². The average Bonchev–Trinajstić information content (AvgIpc) is 3.12. The van der Waals surface area contributed by atoms with Crippen LogP contribution in [-0.2, 0) is 0 Å². The van der Waals surface area contributed by atoms with Gasteiger partial charge in [0, 0.05) is 24.6 Å². The van der Waals surface area contributed by atoms with E-state index in [1.54, 1.807) is 0 Å². The molecule has 0 amide bonds. The summed E-state index contributed by atoms with van der Waals surface area (Å²) in [5, 5.41) is 4.24. The zero-order chi connectivity index (χ0) is 20.9. The molecule has 3 aromatic rings. The van der Waals surface area contributed by atoms with Gasteiger partial charge in [-0.2, -0.15) is 0 Å². The van der Waals surface area contributed by atoms with E-state index in [1.165, 1.54) is 39.3 Å². The lowest BCUT2D eigenvalue weighted by atomic mass is 9.97. The van der Waals surface area contributed by atoms with Gasteiger partial charge < -0.3 is 14.8 Å². The lowest BCUT2D eigenvalue weighted by Crippen LogP contribution is -2.25. The van der Waals surface area contributed by atoms with E-state index in [4.69, 9.17) is 12.2 Å². The highest BCUT2D eigenvalue weighted by atomic mass is 32.1. The van der Waals surface area contributed by atoms with E-state index in [1.807, 2.05) is 18.3 Å². The van der Waals surface area contributed by atoms with Crippen LogP contribution in [-0.4, -0.2) is 26.6 Å². The summed E-state index contributed by atoms with van der Waals surface area (Å²) in [5.74, 6) is 0. The molecule has 1 N–H and O–H groups in total. The molecule has 1 aliphatic heterocycles. The minimum atomic E-state index is 0.0304. The second-order valence-corrected chi connectivity index (χ2v) is 8.53. The second kappa shape index (κ2) is 7.30. The minimum absolute atomic E-state index is 0.0304. The smallest absolute Gasteiger partial charge is 0.169 e. The molecule has 1 aromatic carbocycles. The number of benzene rings is 1. The van der Waals surface area contributed by atoms with Gasteiger partial charge in [0.2, 0.25) is 0 Å². The maximum atomic E-state index is 5.61. The molecule has 4 rings (SSSR count). The predicted octanol–water partition coefficient (Wildman–Crippen LogP) is 5.02. The number of likely N-dealkylation sites (N-methyl/N-ethyl adjacent to an activating group) is 1. The van der Waals surface area contributed by atoms with Gasteiger partial charge in [0.05, 0.1) is 23.5 Å². The zero-order valence-electron chi connectivity index (χ0n) is 17.9. The largest absolute Gasteiger partial charge is 0.352 e. The molecule has 1 fully saturated rings. The standard InChI is InChI=1S/C24H28N4S/c1-14-11-15(2)22(16(3)12-14)28-17(4)13-19(18(28)5)23-21(26-24(29)27(23)6)20-9-7-8-10-25-20/h7-13,21,23H,1-6H3,(H,26,29)/t21-,23+/m1/s1. The number of thiocarbonyl (C=S) groups is 1. The number of hydrogen-bond donors (Lipinski definition) is 1. The molecular formula is C24H28N4S. The second-order valence-electron chi connectivity index (χ2n) is 8.15. The first-order chi connectivity index (χ1) is 13.8. The van der Waals surface area contributed by atoms with Crippen molar-refractivity contribution in [1.82, 2.24) is 19.8 Å². The monoisotopic (exact) mass is 404 g/mol. The van der Waals surface area contributed by atoms with E-state index in [2.05, 4.69) is 85.7 Å². The van der Waals surface area contributed by atoms with Gasteiger partial charge in [0.15, 0.2) is 5.11 Å². The van der Waals surface area contributed by atoms with Crippen molar-refractivity contribution in [3.8, 4) is 5.69 Å². The van der Waals surface area contributed by atoms with Gasteiger partial charge in [-0.3, -0.25) is 4.98 Å². The highest BCUT2D eigenvalue weighted by Gasteiger charge is 2.39. The maximum Gasteiger partial charge on any atom is 0.169 e. The summed E-state index contributed by atoms with van der Waals surface area (Å²) in [6.45, 7) is 10.9. The van der Waals surface area contributed by atoms with Crippen LogP contribution in [0.3, 0.4) is 0 Å². The molecule has 0 radical (unpaired) electrons. The Morgan fingerprint density at radius 1 is 1.00 bits per heavy atom. The number of rotatable bonds is 3. The molecule has 1 aliphatic rings. The van der Waals surface area contributed by atoms with Crippen LogP contribution in [0.25, 0.3) is 5.69 Å². The Balaban J connectivity index is 1.86. The van der Waals surface area contributed by atoms with E-state index < -0.39 is 0 Å². The van der Waals surface area contributed by atoms with Crippen molar-refractivity contribution in [3.05, 3.63) is 81.9 Å². The molecule has 0 spiro atoms. The van der Waals surface area contributed by atoms with Crippen LogP contribution in [0.4, 0.5) is 0 Å². The number of aryl methyl sites for hydroxylation is 4. The van der Waals surface area contributed by atoms with Crippen molar-refractivity contribution >= 4 is 17.3 Å². The predicted molar refractivity (Wildman–Crippen MR) is 123 cm³/mol. The third kappa shape index (κ3) is 3.23. The lowest BCUT2D eigenvalue weighted by Gasteiger charge is -2.25. The van der Waals surface area contributed by atoms with Crippen molar-refractivity contribution in [2.75, 3.05) is 7.05 Å². The third-order valence-corrected chi connectivity index (χ3v) is 6.39. The number of nitrogens with one attached hydrogen (secondary N) is 1. The summed E-state index contributed by atoms with van der Waals surface area (Å²) in [4.78, 5) is 6.77. The molecule has 4 nitrogen and oxygen atoms in total. The molecule has 1 saturated heterocycles.